The van der Waals surface area contributed by atoms with E-state index in [0.29, 0.717) is 6.42 Å². The van der Waals surface area contributed by atoms with Crippen molar-refractivity contribution >= 4 is 23.2 Å². The minimum absolute atomic E-state index is 0.0799. The molecule has 1 fully saturated rings. The molecule has 1 saturated heterocycles. The van der Waals surface area contributed by atoms with Gasteiger partial charge in [0.05, 0.1) is 16.8 Å². The maximum absolute atomic E-state index is 14.2. The van der Waals surface area contributed by atoms with E-state index in [1.54, 1.807) is 13.0 Å². The highest BCUT2D eigenvalue weighted by Gasteiger charge is 2.67. The molecule has 6 heteroatoms. The van der Waals surface area contributed by atoms with Gasteiger partial charge in [-0.15, -0.1) is 0 Å². The van der Waals surface area contributed by atoms with Gasteiger partial charge in [0.2, 0.25) is 11.8 Å². The van der Waals surface area contributed by atoms with Gasteiger partial charge in [-0.1, -0.05) is 55.5 Å². The number of benzene rings is 3. The first-order valence-corrected chi connectivity index (χ1v) is 11.6. The van der Waals surface area contributed by atoms with E-state index in [2.05, 4.69) is 31.2 Å². The topological polar surface area (TPSA) is 80.5 Å². The molecule has 4 aliphatic rings. The van der Waals surface area contributed by atoms with Gasteiger partial charge in [-0.05, 0) is 59.7 Å². The zero-order chi connectivity index (χ0) is 23.9. The molecule has 0 radical (unpaired) electrons. The average molecular weight is 453 g/mol. The molecular weight excluding hydrogens is 428 g/mol. The first kappa shape index (κ1) is 20.8. The molecule has 1 heterocycles. The van der Waals surface area contributed by atoms with Crippen molar-refractivity contribution in [2.75, 3.05) is 4.90 Å². The van der Waals surface area contributed by atoms with E-state index < -0.39 is 22.2 Å². The van der Waals surface area contributed by atoms with Gasteiger partial charge in [0.1, 0.15) is 5.69 Å². The molecule has 2 bridgehead atoms. The molecule has 0 saturated carbocycles. The Morgan fingerprint density at radius 3 is 2.03 bits per heavy atom. The van der Waals surface area contributed by atoms with Crippen LogP contribution in [0.4, 0.5) is 11.4 Å². The van der Waals surface area contributed by atoms with Crippen molar-refractivity contribution < 1.29 is 14.5 Å². The Morgan fingerprint density at radius 2 is 1.47 bits per heavy atom. The number of hydrogen-bond donors (Lipinski definition) is 0. The lowest BCUT2D eigenvalue weighted by atomic mass is 9.46. The van der Waals surface area contributed by atoms with Crippen molar-refractivity contribution in [3.05, 3.63) is 104 Å². The molecule has 0 spiro atoms. The Morgan fingerprint density at radius 1 is 0.912 bits per heavy atom. The summed E-state index contributed by atoms with van der Waals surface area (Å²) in [5, 5.41) is 11.9. The van der Waals surface area contributed by atoms with Crippen molar-refractivity contribution in [1.82, 2.24) is 0 Å². The number of nitro benzene ring substituents is 1. The number of aryl methyl sites for hydroxylation is 2. The highest BCUT2D eigenvalue weighted by molar-refractivity contribution is 6.24. The monoisotopic (exact) mass is 452 g/mol. The van der Waals surface area contributed by atoms with Crippen LogP contribution in [-0.4, -0.2) is 16.7 Å². The average Bonchev–Trinajstić information content (AvgIpc) is 3.11. The normalized spacial score (nSPS) is 26.3. The predicted octanol–water partition coefficient (Wildman–Crippen LogP) is 5.17. The molecule has 3 aliphatic carbocycles. The van der Waals surface area contributed by atoms with Gasteiger partial charge in [-0.3, -0.25) is 19.7 Å². The summed E-state index contributed by atoms with van der Waals surface area (Å²) in [7, 11) is 0. The number of hydrogen-bond acceptors (Lipinski definition) is 4. The van der Waals surface area contributed by atoms with Crippen molar-refractivity contribution in [2.24, 2.45) is 11.8 Å². The molecular formula is C28H24N2O4. The van der Waals surface area contributed by atoms with Crippen LogP contribution in [0, 0.1) is 35.8 Å². The molecule has 7 rings (SSSR count). The van der Waals surface area contributed by atoms with E-state index in [-0.39, 0.29) is 29.1 Å². The number of nitro groups is 1. The second-order valence-electron chi connectivity index (χ2n) is 9.67. The predicted molar refractivity (Wildman–Crippen MR) is 128 cm³/mol. The molecule has 170 valence electrons. The number of anilines is 1. The van der Waals surface area contributed by atoms with Gasteiger partial charge < -0.3 is 0 Å². The molecule has 1 aliphatic heterocycles. The summed E-state index contributed by atoms with van der Waals surface area (Å²) in [5.74, 6) is -2.11. The molecule has 0 aromatic heterocycles. The molecule has 0 N–H and O–H groups in total. The zero-order valence-electron chi connectivity index (χ0n) is 19.2. The minimum atomic E-state index is -0.650. The SMILES string of the molecule is CCC12c3ccccc3C(c3ccccc31)[C@H]1C(=O)N(c3cc(C)c(C)cc3[N+](=O)[O-])C(=O)[C@@H]12. The maximum Gasteiger partial charge on any atom is 0.293 e. The number of carbonyl (C=O) groups excluding carboxylic acids is 2. The van der Waals surface area contributed by atoms with Gasteiger partial charge in [0, 0.05) is 17.4 Å². The van der Waals surface area contributed by atoms with E-state index in [1.165, 1.54) is 6.07 Å². The number of carbonyl (C=O) groups is 2. The molecule has 0 unspecified atom stereocenters. The smallest absolute Gasteiger partial charge is 0.274 e. The van der Waals surface area contributed by atoms with Gasteiger partial charge >= 0.3 is 0 Å². The second kappa shape index (κ2) is 6.86. The quantitative estimate of drug-likeness (QED) is 0.312. The Bertz CT molecular complexity index is 1380. The minimum Gasteiger partial charge on any atom is -0.274 e. The Hall–Kier alpha value is -3.80. The third kappa shape index (κ3) is 2.30. The summed E-state index contributed by atoms with van der Waals surface area (Å²) in [6, 6.07) is 19.3. The van der Waals surface area contributed by atoms with Crippen molar-refractivity contribution in [3.8, 4) is 0 Å². The molecule has 6 nitrogen and oxygen atoms in total. The van der Waals surface area contributed by atoms with Crippen molar-refractivity contribution in [1.29, 1.82) is 0 Å². The van der Waals surface area contributed by atoms with Crippen molar-refractivity contribution in [3.63, 3.8) is 0 Å². The van der Waals surface area contributed by atoms with Crippen LogP contribution < -0.4 is 4.90 Å². The van der Waals surface area contributed by atoms with Gasteiger partial charge in [0.15, 0.2) is 0 Å². The number of amides is 2. The van der Waals surface area contributed by atoms with Crippen LogP contribution in [0.25, 0.3) is 0 Å². The fraction of sp³-hybridized carbons (Fsp3) is 0.286. The van der Waals surface area contributed by atoms with Crippen molar-refractivity contribution in [2.45, 2.75) is 38.5 Å². The van der Waals surface area contributed by atoms with Crippen LogP contribution in [0.15, 0.2) is 60.7 Å². The molecule has 3 aromatic rings. The summed E-state index contributed by atoms with van der Waals surface area (Å²) in [4.78, 5) is 40.8. The van der Waals surface area contributed by atoms with Gasteiger partial charge in [-0.2, -0.15) is 0 Å². The largest absolute Gasteiger partial charge is 0.293 e. The Balaban J connectivity index is 1.63. The second-order valence-corrected chi connectivity index (χ2v) is 9.67. The molecule has 34 heavy (non-hydrogen) atoms. The lowest BCUT2D eigenvalue weighted by Gasteiger charge is -2.54. The lowest BCUT2D eigenvalue weighted by Crippen LogP contribution is -2.53. The molecule has 3 aromatic carbocycles. The summed E-state index contributed by atoms with van der Waals surface area (Å²) < 4.78 is 0. The van der Waals surface area contributed by atoms with Crippen LogP contribution >= 0.6 is 0 Å². The van der Waals surface area contributed by atoms with Crippen LogP contribution in [0.5, 0.6) is 0 Å². The zero-order valence-corrected chi connectivity index (χ0v) is 19.2. The van der Waals surface area contributed by atoms with Crippen LogP contribution in [0.2, 0.25) is 0 Å². The van der Waals surface area contributed by atoms with E-state index in [9.17, 15) is 19.7 Å². The lowest BCUT2D eigenvalue weighted by molar-refractivity contribution is -0.384. The molecule has 2 amide bonds. The maximum atomic E-state index is 14.2. The first-order valence-electron chi connectivity index (χ1n) is 11.6. The van der Waals surface area contributed by atoms with Gasteiger partial charge in [-0.25, -0.2) is 4.90 Å². The highest BCUT2D eigenvalue weighted by Crippen LogP contribution is 2.65. The Labute approximate surface area is 197 Å². The first-order chi connectivity index (χ1) is 16.3. The number of imide groups is 1. The van der Waals surface area contributed by atoms with E-state index >= 15 is 0 Å². The summed E-state index contributed by atoms with van der Waals surface area (Å²) >= 11 is 0. The fourth-order valence-electron chi connectivity index (χ4n) is 6.88. The van der Waals surface area contributed by atoms with E-state index in [1.807, 2.05) is 31.2 Å². The number of rotatable bonds is 3. The van der Waals surface area contributed by atoms with E-state index in [4.69, 9.17) is 0 Å². The number of nitrogens with zero attached hydrogens (tertiary/aromatic N) is 2. The van der Waals surface area contributed by atoms with Crippen LogP contribution in [0.3, 0.4) is 0 Å². The fourth-order valence-corrected chi connectivity index (χ4v) is 6.88. The van der Waals surface area contributed by atoms with Gasteiger partial charge in [0.25, 0.3) is 5.69 Å². The Kier molecular flexibility index (Phi) is 4.19. The third-order valence-electron chi connectivity index (χ3n) is 8.38. The standard InChI is InChI=1S/C28H24N2O4/c1-4-28-19-11-7-5-9-17(19)23(18-10-6-8-12-20(18)28)24-25(28)27(32)29(26(24)31)21-13-15(2)16(3)14-22(21)30(33)34/h5-14,23-25H,4H2,1-3H3/t23?,24-,25-,28?/m1/s1. The summed E-state index contributed by atoms with van der Waals surface area (Å²) in [6.45, 7) is 5.69. The highest BCUT2D eigenvalue weighted by atomic mass is 16.6. The summed E-state index contributed by atoms with van der Waals surface area (Å²) in [5.41, 5.74) is 5.13. The molecule has 2 atom stereocenters. The van der Waals surface area contributed by atoms with Crippen LogP contribution in [-0.2, 0) is 15.0 Å². The van der Waals surface area contributed by atoms with Crippen LogP contribution in [0.1, 0.15) is 52.6 Å². The van der Waals surface area contributed by atoms with E-state index in [0.717, 1.165) is 38.3 Å². The summed E-state index contributed by atoms with van der Waals surface area (Å²) in [6.07, 6.45) is 0.650. The third-order valence-corrected chi connectivity index (χ3v) is 8.38.